The largest absolute Gasteiger partial charge is 0.508 e. The Balaban J connectivity index is 1.80. The fraction of sp³-hybridized carbons (Fsp3) is 0.0800. The average molecular weight is 427 g/mol. The third kappa shape index (κ3) is 3.02. The quantitative estimate of drug-likeness (QED) is 0.487. The summed E-state index contributed by atoms with van der Waals surface area (Å²) < 4.78 is 5.96. The van der Waals surface area contributed by atoms with Gasteiger partial charge in [0.15, 0.2) is 0 Å². The number of carboxylic acids is 1. The lowest BCUT2D eigenvalue weighted by atomic mass is 9.89. The van der Waals surface area contributed by atoms with E-state index in [1.165, 1.54) is 18.2 Å². The number of carbonyl (C=O) groups excluding carboxylic acids is 2. The summed E-state index contributed by atoms with van der Waals surface area (Å²) in [6.45, 7) is 3.91. The molecule has 0 radical (unpaired) electrons. The molecule has 158 valence electrons. The summed E-state index contributed by atoms with van der Waals surface area (Å²) >= 11 is 0. The Morgan fingerprint density at radius 3 is 2.34 bits per heavy atom. The van der Waals surface area contributed by atoms with Crippen LogP contribution in [0.25, 0.3) is 12.2 Å². The minimum Gasteiger partial charge on any atom is -0.508 e. The zero-order chi connectivity index (χ0) is 22.6. The van der Waals surface area contributed by atoms with Crippen LogP contribution >= 0.6 is 0 Å². The highest BCUT2D eigenvalue weighted by atomic mass is 16.5. The second-order valence-electron chi connectivity index (χ2n) is 7.65. The van der Waals surface area contributed by atoms with Gasteiger partial charge < -0.3 is 14.9 Å². The van der Waals surface area contributed by atoms with E-state index in [0.717, 1.165) is 4.90 Å². The molecular weight excluding hydrogens is 410 g/mol. The topological polar surface area (TPSA) is 104 Å². The number of hydrogen-bond donors (Lipinski definition) is 2. The number of aromatic carboxylic acids is 1. The van der Waals surface area contributed by atoms with Gasteiger partial charge in [-0.1, -0.05) is 24.8 Å². The van der Waals surface area contributed by atoms with Gasteiger partial charge in [-0.3, -0.25) is 14.5 Å². The minimum absolute atomic E-state index is 0.0113. The standard InChI is InChI=1S/C25H17NO6/c1-13-2-5-17-20(10-13)32-21-12-15(27)4-7-18(21)24(17)16-6-3-14(11-19(16)25(30)31)26-22(28)8-9-23(26)29/h2-7,10-12,27H,1,8-9H2,(H,30,31). The maximum absolute atomic E-state index is 12.2. The fourth-order valence-electron chi connectivity index (χ4n) is 4.14. The molecule has 1 fully saturated rings. The number of carbonyl (C=O) groups is 3. The molecule has 1 saturated heterocycles. The molecule has 0 bridgehead atoms. The molecule has 7 nitrogen and oxygen atoms in total. The number of amides is 2. The van der Waals surface area contributed by atoms with E-state index in [1.54, 1.807) is 36.4 Å². The summed E-state index contributed by atoms with van der Waals surface area (Å²) in [5.41, 5.74) is 1.77. The molecular formula is C25H17NO6. The van der Waals surface area contributed by atoms with Crippen molar-refractivity contribution in [2.75, 3.05) is 4.90 Å². The number of hydrogen-bond acceptors (Lipinski definition) is 5. The molecule has 3 aromatic carbocycles. The summed E-state index contributed by atoms with van der Waals surface area (Å²) in [4.78, 5) is 37.6. The molecule has 2 amide bonds. The Morgan fingerprint density at radius 2 is 1.62 bits per heavy atom. The molecule has 0 unspecified atom stereocenters. The Labute approximate surface area is 182 Å². The highest BCUT2D eigenvalue weighted by Crippen LogP contribution is 2.39. The molecule has 0 atom stereocenters. The van der Waals surface area contributed by atoms with Gasteiger partial charge in [0.25, 0.3) is 0 Å². The molecule has 5 rings (SSSR count). The van der Waals surface area contributed by atoms with Crippen LogP contribution in [0, 0.1) is 0 Å². The van der Waals surface area contributed by atoms with Crippen molar-refractivity contribution in [3.05, 3.63) is 81.7 Å². The van der Waals surface area contributed by atoms with E-state index in [4.69, 9.17) is 4.74 Å². The van der Waals surface area contributed by atoms with Gasteiger partial charge in [-0.2, -0.15) is 0 Å². The van der Waals surface area contributed by atoms with Crippen molar-refractivity contribution in [1.82, 2.24) is 0 Å². The second-order valence-corrected chi connectivity index (χ2v) is 7.65. The van der Waals surface area contributed by atoms with Crippen molar-refractivity contribution in [2.24, 2.45) is 0 Å². The fourth-order valence-corrected chi connectivity index (χ4v) is 4.14. The maximum Gasteiger partial charge on any atom is 0.336 e. The molecule has 2 aliphatic heterocycles. The van der Waals surface area contributed by atoms with E-state index < -0.39 is 5.97 Å². The molecule has 0 spiro atoms. The predicted octanol–water partition coefficient (Wildman–Crippen LogP) is 2.51. The van der Waals surface area contributed by atoms with Crippen LogP contribution < -0.4 is 20.1 Å². The number of phenols is 1. The van der Waals surface area contributed by atoms with Crippen molar-refractivity contribution < 1.29 is 29.3 Å². The molecule has 32 heavy (non-hydrogen) atoms. The Kier molecular flexibility index (Phi) is 4.34. The monoisotopic (exact) mass is 427 g/mol. The SMILES string of the molecule is C=c1ccc2c(c1)Oc1cc(O)ccc1C=2c1ccc(N2C(=O)CCC2=O)cc1C(=O)O. The molecule has 3 aromatic rings. The zero-order valence-electron chi connectivity index (χ0n) is 16.8. The summed E-state index contributed by atoms with van der Waals surface area (Å²) in [5.74, 6) is -1.04. The predicted molar refractivity (Wildman–Crippen MR) is 116 cm³/mol. The van der Waals surface area contributed by atoms with Crippen LogP contribution in [0.1, 0.15) is 34.3 Å². The summed E-state index contributed by atoms with van der Waals surface area (Å²) in [6, 6.07) is 14.5. The van der Waals surface area contributed by atoms with Gasteiger partial charge in [-0.25, -0.2) is 4.79 Å². The summed E-state index contributed by atoms with van der Waals surface area (Å²) in [7, 11) is 0. The number of fused-ring (bicyclic) bond motifs is 2. The van der Waals surface area contributed by atoms with Crippen LogP contribution in [0.4, 0.5) is 5.69 Å². The van der Waals surface area contributed by atoms with Gasteiger partial charge in [0.2, 0.25) is 11.8 Å². The van der Waals surface area contributed by atoms with E-state index in [0.29, 0.717) is 38.6 Å². The van der Waals surface area contributed by atoms with Gasteiger partial charge >= 0.3 is 5.97 Å². The van der Waals surface area contributed by atoms with E-state index in [2.05, 4.69) is 6.58 Å². The van der Waals surface area contributed by atoms with E-state index in [1.807, 2.05) is 0 Å². The van der Waals surface area contributed by atoms with Crippen molar-refractivity contribution in [1.29, 1.82) is 0 Å². The lowest BCUT2D eigenvalue weighted by Crippen LogP contribution is -2.29. The number of ether oxygens (including phenoxy) is 1. The summed E-state index contributed by atoms with van der Waals surface area (Å²) in [5, 5.41) is 21.3. The summed E-state index contributed by atoms with van der Waals surface area (Å²) in [6.07, 6.45) is 0.213. The molecule has 2 N–H and O–H groups in total. The zero-order valence-corrected chi connectivity index (χ0v) is 16.8. The number of rotatable bonds is 3. The van der Waals surface area contributed by atoms with Crippen LogP contribution in [-0.2, 0) is 9.59 Å². The molecule has 0 saturated carbocycles. The van der Waals surface area contributed by atoms with Crippen LogP contribution in [0.2, 0.25) is 0 Å². The number of imide groups is 1. The minimum atomic E-state index is -1.20. The highest BCUT2D eigenvalue weighted by molar-refractivity contribution is 6.20. The van der Waals surface area contributed by atoms with Gasteiger partial charge in [-0.05, 0) is 41.1 Å². The number of nitrogens with zero attached hydrogens (tertiary/aromatic N) is 1. The van der Waals surface area contributed by atoms with E-state index in [9.17, 15) is 24.6 Å². The van der Waals surface area contributed by atoms with Gasteiger partial charge in [0.05, 0.1) is 11.3 Å². The number of carboxylic acid groups (broad SMARTS) is 1. The number of benzene rings is 3. The second kappa shape index (κ2) is 7.09. The van der Waals surface area contributed by atoms with Crippen LogP contribution in [0.3, 0.4) is 0 Å². The molecule has 2 heterocycles. The smallest absolute Gasteiger partial charge is 0.336 e. The third-order valence-electron chi connectivity index (χ3n) is 5.58. The van der Waals surface area contributed by atoms with Crippen molar-refractivity contribution >= 4 is 35.6 Å². The number of aromatic hydroxyl groups is 1. The Hall–Kier alpha value is -4.39. The Morgan fingerprint density at radius 1 is 0.906 bits per heavy atom. The van der Waals surface area contributed by atoms with Gasteiger partial charge in [-0.15, -0.1) is 0 Å². The van der Waals surface area contributed by atoms with Crippen LogP contribution in [-0.4, -0.2) is 28.0 Å². The van der Waals surface area contributed by atoms with Crippen molar-refractivity contribution in [2.45, 2.75) is 12.8 Å². The first-order valence-electron chi connectivity index (χ1n) is 9.91. The lowest BCUT2D eigenvalue weighted by Gasteiger charge is -2.23. The van der Waals surface area contributed by atoms with E-state index >= 15 is 0 Å². The molecule has 0 aromatic heterocycles. The first kappa shape index (κ1) is 19.6. The Bertz CT molecular complexity index is 1440. The van der Waals surface area contributed by atoms with Crippen LogP contribution in [0.5, 0.6) is 17.2 Å². The van der Waals surface area contributed by atoms with Gasteiger partial charge in [0, 0.05) is 35.3 Å². The van der Waals surface area contributed by atoms with E-state index in [-0.39, 0.29) is 41.7 Å². The highest BCUT2D eigenvalue weighted by Gasteiger charge is 2.32. The average Bonchev–Trinajstić information content (AvgIpc) is 3.09. The first-order valence-corrected chi connectivity index (χ1v) is 9.91. The van der Waals surface area contributed by atoms with Crippen molar-refractivity contribution in [3.8, 4) is 17.2 Å². The molecule has 0 aliphatic carbocycles. The first-order chi connectivity index (χ1) is 15.3. The van der Waals surface area contributed by atoms with Crippen molar-refractivity contribution in [3.63, 3.8) is 0 Å². The van der Waals surface area contributed by atoms with Crippen LogP contribution in [0.15, 0.2) is 54.6 Å². The number of phenolic OH excluding ortho intramolecular Hbond substituents is 1. The normalized spacial score (nSPS) is 14.8. The molecule has 7 heteroatoms. The van der Waals surface area contributed by atoms with Gasteiger partial charge in [0.1, 0.15) is 17.2 Å². The maximum atomic E-state index is 12.2. The third-order valence-corrected chi connectivity index (χ3v) is 5.58. The molecule has 2 aliphatic rings. The number of anilines is 1. The lowest BCUT2D eigenvalue weighted by molar-refractivity contribution is -0.121.